The molecule has 4 N–H and O–H groups in total. The number of nitrogens with zero attached hydrogens (tertiary/aromatic N) is 2. The van der Waals surface area contributed by atoms with Crippen molar-refractivity contribution < 1.29 is 23.5 Å². The zero-order valence-electron chi connectivity index (χ0n) is 23.2. The summed E-state index contributed by atoms with van der Waals surface area (Å²) in [7, 11) is 3.10. The molecule has 0 unspecified atom stereocenters. The largest absolute Gasteiger partial charge is 0.494 e. The summed E-state index contributed by atoms with van der Waals surface area (Å²) in [5.74, 6) is -0.414. The number of benzene rings is 3. The lowest BCUT2D eigenvalue weighted by Crippen LogP contribution is -2.36. The van der Waals surface area contributed by atoms with Crippen molar-refractivity contribution in [1.29, 1.82) is 0 Å². The van der Waals surface area contributed by atoms with Crippen LogP contribution in [0.15, 0.2) is 79.0 Å². The Morgan fingerprint density at radius 2 is 1.55 bits per heavy atom. The van der Waals surface area contributed by atoms with Crippen LogP contribution in [0, 0.1) is 5.82 Å². The van der Waals surface area contributed by atoms with E-state index < -0.39 is 11.7 Å². The Kier molecular flexibility index (Phi) is 8.78. The molecule has 2 heterocycles. The summed E-state index contributed by atoms with van der Waals surface area (Å²) in [6.45, 7) is 2.94. The average molecular weight is 571 g/mol. The monoisotopic (exact) mass is 570 g/mol. The van der Waals surface area contributed by atoms with E-state index in [0.29, 0.717) is 47.4 Å². The lowest BCUT2D eigenvalue weighted by Gasteiger charge is -2.29. The van der Waals surface area contributed by atoms with Crippen LogP contribution in [0.2, 0.25) is 0 Å². The van der Waals surface area contributed by atoms with Crippen LogP contribution in [0.1, 0.15) is 20.7 Å². The molecular weight excluding hydrogens is 539 g/mol. The highest BCUT2D eigenvalue weighted by Gasteiger charge is 2.18. The molecule has 2 amide bonds. The van der Waals surface area contributed by atoms with E-state index >= 15 is 0 Å². The van der Waals surface area contributed by atoms with Gasteiger partial charge >= 0.3 is 0 Å². The summed E-state index contributed by atoms with van der Waals surface area (Å²) < 4.78 is 26.0. The van der Waals surface area contributed by atoms with Gasteiger partial charge in [0.1, 0.15) is 11.6 Å². The standard InChI is InChI=1S/C31H31FN6O4/c1-33-30(39)21-7-3-6-10-25(21)37-31(40)22-8-4-5-9-24(22)35-27-18-29(34-19-23(27)32)36-26-12-11-20(17-28(26)41-2)38-13-15-42-16-14-38/h3-12,17-19H,13-16H2,1-2H3,(H,33,39)(H,37,40)(H2,34,35,36). The van der Waals surface area contributed by atoms with Crippen molar-refractivity contribution >= 4 is 46.1 Å². The van der Waals surface area contributed by atoms with Crippen molar-refractivity contribution in [3.05, 3.63) is 95.9 Å². The van der Waals surface area contributed by atoms with E-state index in [0.717, 1.165) is 25.0 Å². The quantitative estimate of drug-likeness (QED) is 0.218. The van der Waals surface area contributed by atoms with Crippen molar-refractivity contribution in [1.82, 2.24) is 10.3 Å². The van der Waals surface area contributed by atoms with Gasteiger partial charge in [-0.25, -0.2) is 9.37 Å². The number of para-hydroxylation sites is 2. The molecule has 0 spiro atoms. The lowest BCUT2D eigenvalue weighted by molar-refractivity contribution is 0.0964. The number of hydrogen-bond donors (Lipinski definition) is 4. The van der Waals surface area contributed by atoms with E-state index in [1.807, 2.05) is 18.2 Å². The Morgan fingerprint density at radius 3 is 2.26 bits per heavy atom. The maximum absolute atomic E-state index is 14.9. The zero-order valence-corrected chi connectivity index (χ0v) is 23.2. The number of aromatic nitrogens is 1. The van der Waals surface area contributed by atoms with E-state index in [1.165, 1.54) is 13.1 Å². The fourth-order valence-corrected chi connectivity index (χ4v) is 4.59. The predicted molar refractivity (Wildman–Crippen MR) is 161 cm³/mol. The van der Waals surface area contributed by atoms with Gasteiger partial charge in [-0.2, -0.15) is 0 Å². The Bertz CT molecular complexity index is 1590. The number of carbonyl (C=O) groups excluding carboxylic acids is 2. The van der Waals surface area contributed by atoms with Gasteiger partial charge in [-0.05, 0) is 36.4 Å². The van der Waals surface area contributed by atoms with Crippen molar-refractivity contribution in [3.8, 4) is 5.75 Å². The summed E-state index contributed by atoms with van der Waals surface area (Å²) in [5.41, 5.74) is 3.10. The third-order valence-corrected chi connectivity index (χ3v) is 6.77. The lowest BCUT2D eigenvalue weighted by atomic mass is 10.1. The highest BCUT2D eigenvalue weighted by atomic mass is 19.1. The molecule has 1 aliphatic heterocycles. The number of carbonyl (C=O) groups is 2. The molecule has 0 bridgehead atoms. The average Bonchev–Trinajstić information content (AvgIpc) is 3.03. The van der Waals surface area contributed by atoms with Crippen molar-refractivity contribution in [2.75, 3.05) is 61.3 Å². The number of pyridine rings is 1. The number of morpholine rings is 1. The van der Waals surface area contributed by atoms with Gasteiger partial charge in [-0.1, -0.05) is 24.3 Å². The number of amides is 2. The highest BCUT2D eigenvalue weighted by molar-refractivity contribution is 6.11. The smallest absolute Gasteiger partial charge is 0.257 e. The second-order valence-electron chi connectivity index (χ2n) is 9.41. The summed E-state index contributed by atoms with van der Waals surface area (Å²) in [5, 5.41) is 11.6. The van der Waals surface area contributed by atoms with E-state index in [2.05, 4.69) is 31.2 Å². The molecule has 3 aromatic carbocycles. The first-order chi connectivity index (χ1) is 20.5. The maximum atomic E-state index is 14.9. The van der Waals surface area contributed by atoms with Gasteiger partial charge in [0, 0.05) is 38.0 Å². The molecular formula is C31H31FN6O4. The predicted octanol–water partition coefficient (Wildman–Crippen LogP) is 5.17. The molecule has 10 nitrogen and oxygen atoms in total. The van der Waals surface area contributed by atoms with Gasteiger partial charge < -0.3 is 35.6 Å². The number of hydrogen-bond acceptors (Lipinski definition) is 8. The van der Waals surface area contributed by atoms with Gasteiger partial charge in [0.2, 0.25) is 0 Å². The summed E-state index contributed by atoms with van der Waals surface area (Å²) in [6, 6.07) is 20.7. The topological polar surface area (TPSA) is 117 Å². The van der Waals surface area contributed by atoms with Crippen molar-refractivity contribution in [2.24, 2.45) is 0 Å². The molecule has 1 fully saturated rings. The molecule has 4 aromatic rings. The van der Waals surface area contributed by atoms with Crippen LogP contribution in [-0.4, -0.2) is 57.3 Å². The van der Waals surface area contributed by atoms with Crippen LogP contribution in [0.3, 0.4) is 0 Å². The second kappa shape index (κ2) is 13.0. The first-order valence-corrected chi connectivity index (χ1v) is 13.4. The van der Waals surface area contributed by atoms with E-state index in [1.54, 1.807) is 55.6 Å². The fraction of sp³-hybridized carbons (Fsp3) is 0.194. The number of rotatable bonds is 9. The van der Waals surface area contributed by atoms with E-state index in [-0.39, 0.29) is 17.2 Å². The first kappa shape index (κ1) is 28.4. The molecule has 0 atom stereocenters. The highest BCUT2D eigenvalue weighted by Crippen LogP contribution is 2.33. The number of anilines is 6. The van der Waals surface area contributed by atoms with E-state index in [9.17, 15) is 14.0 Å². The third kappa shape index (κ3) is 6.42. The minimum absolute atomic E-state index is 0.113. The molecule has 0 aliphatic carbocycles. The van der Waals surface area contributed by atoms with Crippen molar-refractivity contribution in [2.45, 2.75) is 0 Å². The van der Waals surface area contributed by atoms with Gasteiger partial charge in [0.15, 0.2) is 5.82 Å². The molecule has 5 rings (SSSR count). The minimum Gasteiger partial charge on any atom is -0.494 e. The zero-order chi connectivity index (χ0) is 29.5. The third-order valence-electron chi connectivity index (χ3n) is 6.77. The molecule has 0 radical (unpaired) electrons. The number of nitrogens with one attached hydrogen (secondary N) is 4. The number of ether oxygens (including phenoxy) is 2. The number of halogens is 1. The molecule has 42 heavy (non-hydrogen) atoms. The molecule has 1 saturated heterocycles. The summed E-state index contributed by atoms with van der Waals surface area (Å²) in [4.78, 5) is 31.9. The Hall–Kier alpha value is -5.16. The summed E-state index contributed by atoms with van der Waals surface area (Å²) in [6.07, 6.45) is 1.10. The van der Waals surface area contributed by atoms with Crippen molar-refractivity contribution in [3.63, 3.8) is 0 Å². The van der Waals surface area contributed by atoms with Crippen LogP contribution < -0.4 is 30.9 Å². The van der Waals surface area contributed by atoms with E-state index in [4.69, 9.17) is 9.47 Å². The second-order valence-corrected chi connectivity index (χ2v) is 9.41. The SMILES string of the molecule is CNC(=O)c1ccccc1NC(=O)c1ccccc1Nc1cc(Nc2ccc(N3CCOCC3)cc2OC)ncc1F. The summed E-state index contributed by atoms with van der Waals surface area (Å²) >= 11 is 0. The normalized spacial score (nSPS) is 12.8. The molecule has 0 saturated carbocycles. The van der Waals surface area contributed by atoms with Gasteiger partial charge in [0.25, 0.3) is 11.8 Å². The molecule has 1 aliphatic rings. The van der Waals surface area contributed by atoms with Crippen LogP contribution in [0.25, 0.3) is 0 Å². The Balaban J connectivity index is 1.36. The minimum atomic E-state index is -0.602. The van der Waals surface area contributed by atoms with Gasteiger partial charge in [-0.15, -0.1) is 0 Å². The maximum Gasteiger partial charge on any atom is 0.257 e. The molecule has 216 valence electrons. The number of methoxy groups -OCH3 is 1. The van der Waals surface area contributed by atoms with Crippen LogP contribution in [0.4, 0.5) is 38.6 Å². The van der Waals surface area contributed by atoms with Gasteiger partial charge in [-0.3, -0.25) is 9.59 Å². The van der Waals surface area contributed by atoms with Crippen LogP contribution >= 0.6 is 0 Å². The first-order valence-electron chi connectivity index (χ1n) is 13.4. The molecule has 1 aromatic heterocycles. The van der Waals surface area contributed by atoms with Crippen LogP contribution in [0.5, 0.6) is 5.75 Å². The fourth-order valence-electron chi connectivity index (χ4n) is 4.59. The Morgan fingerprint density at radius 1 is 0.857 bits per heavy atom. The van der Waals surface area contributed by atoms with Crippen LogP contribution in [-0.2, 0) is 4.74 Å². The molecule has 11 heteroatoms. The Labute approximate surface area is 242 Å². The van der Waals surface area contributed by atoms with Gasteiger partial charge in [0.05, 0.1) is 60.4 Å².